The molecule has 2 aliphatic heterocycles. The van der Waals surface area contributed by atoms with Gasteiger partial charge in [0.2, 0.25) is 11.9 Å². The van der Waals surface area contributed by atoms with E-state index in [1.165, 1.54) is 4.90 Å². The van der Waals surface area contributed by atoms with Crippen LogP contribution in [-0.4, -0.2) is 52.2 Å². The van der Waals surface area contributed by atoms with E-state index in [2.05, 4.69) is 20.2 Å². The van der Waals surface area contributed by atoms with E-state index in [-0.39, 0.29) is 30.7 Å². The lowest BCUT2D eigenvalue weighted by Crippen LogP contribution is -2.32. The third kappa shape index (κ3) is 4.11. The summed E-state index contributed by atoms with van der Waals surface area (Å²) in [5.41, 5.74) is 1.62. The molecule has 0 bridgehead atoms. The molecule has 0 aliphatic carbocycles. The first-order valence-corrected chi connectivity index (χ1v) is 9.92. The SMILES string of the molecule is O=C(CCCN1C(=O)c2ccccc2C1=O)NCc1ccnc(N2CCCC2)n1. The normalized spacial score (nSPS) is 15.7. The molecule has 4 rings (SSSR count). The van der Waals surface area contributed by atoms with Crippen LogP contribution in [0.4, 0.5) is 5.95 Å². The van der Waals surface area contributed by atoms with Crippen LogP contribution in [0.2, 0.25) is 0 Å². The fraction of sp³-hybridized carbons (Fsp3) is 0.381. The number of carbonyl (C=O) groups is 3. The van der Waals surface area contributed by atoms with E-state index in [9.17, 15) is 14.4 Å². The zero-order chi connectivity index (χ0) is 20.2. The van der Waals surface area contributed by atoms with Gasteiger partial charge in [-0.05, 0) is 37.5 Å². The molecule has 0 saturated carbocycles. The van der Waals surface area contributed by atoms with Crippen molar-refractivity contribution in [2.75, 3.05) is 24.5 Å². The first-order valence-electron chi connectivity index (χ1n) is 9.92. The second kappa shape index (κ2) is 8.38. The van der Waals surface area contributed by atoms with Crippen LogP contribution in [0, 0.1) is 0 Å². The highest BCUT2D eigenvalue weighted by Crippen LogP contribution is 2.22. The number of carbonyl (C=O) groups excluding carboxylic acids is 3. The van der Waals surface area contributed by atoms with Gasteiger partial charge in [0.15, 0.2) is 0 Å². The minimum Gasteiger partial charge on any atom is -0.350 e. The van der Waals surface area contributed by atoms with Crippen molar-refractivity contribution in [1.82, 2.24) is 20.2 Å². The Kier molecular flexibility index (Phi) is 5.50. The number of rotatable bonds is 7. The van der Waals surface area contributed by atoms with Crippen molar-refractivity contribution in [2.24, 2.45) is 0 Å². The molecule has 1 fully saturated rings. The van der Waals surface area contributed by atoms with Gasteiger partial charge in [0.1, 0.15) is 0 Å². The van der Waals surface area contributed by atoms with Gasteiger partial charge < -0.3 is 10.2 Å². The highest BCUT2D eigenvalue weighted by atomic mass is 16.2. The average molecular weight is 393 g/mol. The van der Waals surface area contributed by atoms with Gasteiger partial charge in [-0.2, -0.15) is 0 Å². The zero-order valence-electron chi connectivity index (χ0n) is 16.1. The lowest BCUT2D eigenvalue weighted by Gasteiger charge is -2.15. The Balaban J connectivity index is 1.24. The molecule has 1 aromatic heterocycles. The molecule has 8 nitrogen and oxygen atoms in total. The van der Waals surface area contributed by atoms with Gasteiger partial charge in [-0.15, -0.1) is 0 Å². The van der Waals surface area contributed by atoms with Gasteiger partial charge in [-0.25, -0.2) is 9.97 Å². The van der Waals surface area contributed by atoms with Crippen molar-refractivity contribution >= 4 is 23.7 Å². The van der Waals surface area contributed by atoms with Crippen molar-refractivity contribution in [2.45, 2.75) is 32.2 Å². The van der Waals surface area contributed by atoms with Crippen LogP contribution in [0.25, 0.3) is 0 Å². The number of nitrogens with zero attached hydrogens (tertiary/aromatic N) is 4. The molecule has 0 radical (unpaired) electrons. The highest BCUT2D eigenvalue weighted by molar-refractivity contribution is 6.21. The average Bonchev–Trinajstić information content (AvgIpc) is 3.36. The monoisotopic (exact) mass is 393 g/mol. The van der Waals surface area contributed by atoms with Gasteiger partial charge >= 0.3 is 0 Å². The minimum absolute atomic E-state index is 0.136. The number of fused-ring (bicyclic) bond motifs is 1. The van der Waals surface area contributed by atoms with E-state index >= 15 is 0 Å². The van der Waals surface area contributed by atoms with Gasteiger partial charge in [0, 0.05) is 32.3 Å². The van der Waals surface area contributed by atoms with Gasteiger partial charge in [-0.1, -0.05) is 12.1 Å². The predicted molar refractivity (Wildman–Crippen MR) is 106 cm³/mol. The van der Waals surface area contributed by atoms with E-state index < -0.39 is 0 Å². The van der Waals surface area contributed by atoms with Crippen molar-refractivity contribution in [3.8, 4) is 0 Å². The summed E-state index contributed by atoms with van der Waals surface area (Å²) in [5.74, 6) is -0.00862. The number of anilines is 1. The second-order valence-electron chi connectivity index (χ2n) is 7.23. The summed E-state index contributed by atoms with van der Waals surface area (Å²) in [4.78, 5) is 49.0. The summed E-state index contributed by atoms with van der Waals surface area (Å²) in [6, 6.07) is 8.58. The highest BCUT2D eigenvalue weighted by Gasteiger charge is 2.34. The lowest BCUT2D eigenvalue weighted by atomic mass is 10.1. The van der Waals surface area contributed by atoms with Crippen molar-refractivity contribution < 1.29 is 14.4 Å². The molecule has 0 spiro atoms. The summed E-state index contributed by atoms with van der Waals surface area (Å²) in [7, 11) is 0. The molecular formula is C21H23N5O3. The predicted octanol–water partition coefficient (Wildman–Crippen LogP) is 1.77. The Morgan fingerprint density at radius 3 is 2.41 bits per heavy atom. The Hall–Kier alpha value is -3.29. The van der Waals surface area contributed by atoms with Crippen molar-refractivity contribution in [3.05, 3.63) is 53.3 Å². The summed E-state index contributed by atoms with van der Waals surface area (Å²) in [5, 5.41) is 2.85. The van der Waals surface area contributed by atoms with Crippen LogP contribution in [0.15, 0.2) is 36.5 Å². The summed E-state index contributed by atoms with van der Waals surface area (Å²) in [6.07, 6.45) is 4.66. The summed E-state index contributed by atoms with van der Waals surface area (Å²) in [6.45, 7) is 2.49. The smallest absolute Gasteiger partial charge is 0.261 e. The minimum atomic E-state index is -0.290. The molecule has 2 aliphatic rings. The molecule has 150 valence electrons. The standard InChI is InChI=1S/C21H23N5O3/c27-18(23-14-15-9-10-22-21(24-15)25-11-3-4-12-25)8-5-13-26-19(28)16-6-1-2-7-17(16)20(26)29/h1-2,6-7,9-10H,3-5,8,11-14H2,(H,23,27). The maximum Gasteiger partial charge on any atom is 0.261 e. The third-order valence-corrected chi connectivity index (χ3v) is 5.22. The largest absolute Gasteiger partial charge is 0.350 e. The third-order valence-electron chi connectivity index (χ3n) is 5.22. The zero-order valence-corrected chi connectivity index (χ0v) is 16.1. The molecule has 3 heterocycles. The van der Waals surface area contributed by atoms with Gasteiger partial charge in [0.05, 0.1) is 23.4 Å². The second-order valence-corrected chi connectivity index (χ2v) is 7.23. The lowest BCUT2D eigenvalue weighted by molar-refractivity contribution is -0.121. The van der Waals surface area contributed by atoms with Gasteiger partial charge in [-0.3, -0.25) is 19.3 Å². The number of nitrogens with one attached hydrogen (secondary N) is 1. The molecule has 1 saturated heterocycles. The van der Waals surface area contributed by atoms with E-state index in [0.717, 1.165) is 31.6 Å². The van der Waals surface area contributed by atoms with Crippen LogP contribution < -0.4 is 10.2 Å². The Bertz CT molecular complexity index is 904. The van der Waals surface area contributed by atoms with Crippen LogP contribution in [-0.2, 0) is 11.3 Å². The summed E-state index contributed by atoms with van der Waals surface area (Å²) < 4.78 is 0. The maximum absolute atomic E-state index is 12.3. The number of imide groups is 1. The number of aromatic nitrogens is 2. The molecule has 0 unspecified atom stereocenters. The topological polar surface area (TPSA) is 95.5 Å². The van der Waals surface area contributed by atoms with Crippen molar-refractivity contribution in [1.29, 1.82) is 0 Å². The van der Waals surface area contributed by atoms with Crippen LogP contribution >= 0.6 is 0 Å². The van der Waals surface area contributed by atoms with Crippen LogP contribution in [0.3, 0.4) is 0 Å². The molecule has 1 aromatic carbocycles. The van der Waals surface area contributed by atoms with Crippen LogP contribution in [0.1, 0.15) is 52.1 Å². The number of benzene rings is 1. The Morgan fingerprint density at radius 1 is 1.03 bits per heavy atom. The molecule has 0 atom stereocenters. The maximum atomic E-state index is 12.3. The number of hydrogen-bond donors (Lipinski definition) is 1. The van der Waals surface area contributed by atoms with E-state index in [1.54, 1.807) is 36.5 Å². The van der Waals surface area contributed by atoms with Crippen LogP contribution in [0.5, 0.6) is 0 Å². The molecule has 8 heteroatoms. The molecule has 29 heavy (non-hydrogen) atoms. The number of hydrogen-bond acceptors (Lipinski definition) is 6. The first-order chi connectivity index (χ1) is 14.1. The fourth-order valence-corrected chi connectivity index (χ4v) is 3.67. The van der Waals surface area contributed by atoms with E-state index in [0.29, 0.717) is 30.0 Å². The van der Waals surface area contributed by atoms with Gasteiger partial charge in [0.25, 0.3) is 11.8 Å². The quantitative estimate of drug-likeness (QED) is 0.721. The van der Waals surface area contributed by atoms with Crippen molar-refractivity contribution in [3.63, 3.8) is 0 Å². The summed E-state index contributed by atoms with van der Waals surface area (Å²) >= 11 is 0. The Labute approximate surface area is 168 Å². The molecular weight excluding hydrogens is 370 g/mol. The number of amides is 3. The first kappa shape index (κ1) is 19.0. The Morgan fingerprint density at radius 2 is 1.72 bits per heavy atom. The molecule has 3 amide bonds. The molecule has 1 N–H and O–H groups in total. The van der Waals surface area contributed by atoms with E-state index in [4.69, 9.17) is 0 Å². The molecule has 2 aromatic rings. The fourth-order valence-electron chi connectivity index (χ4n) is 3.67. The van der Waals surface area contributed by atoms with E-state index in [1.807, 2.05) is 0 Å².